The van der Waals surface area contributed by atoms with Gasteiger partial charge < -0.3 is 15.0 Å². The first-order valence-electron chi connectivity index (χ1n) is 9.47. The molecule has 2 atom stereocenters. The number of benzene rings is 1. The van der Waals surface area contributed by atoms with Crippen molar-refractivity contribution in [2.45, 2.75) is 26.1 Å². The van der Waals surface area contributed by atoms with Gasteiger partial charge in [0.2, 0.25) is 0 Å². The quantitative estimate of drug-likeness (QED) is 0.678. The third-order valence-corrected chi connectivity index (χ3v) is 4.93. The Hall–Kier alpha value is -2.90. The van der Waals surface area contributed by atoms with Gasteiger partial charge in [-0.25, -0.2) is 4.98 Å². The maximum atomic E-state index is 12.5. The predicted molar refractivity (Wildman–Crippen MR) is 113 cm³/mol. The van der Waals surface area contributed by atoms with E-state index in [2.05, 4.69) is 39.2 Å². The monoisotopic (exact) mass is 411 g/mol. The average molecular weight is 412 g/mol. The maximum Gasteiger partial charge on any atom is 0.273 e. The topological polar surface area (TPSA) is 83.1 Å². The van der Waals surface area contributed by atoms with E-state index in [4.69, 9.17) is 16.3 Å². The van der Waals surface area contributed by atoms with Crippen LogP contribution in [0.3, 0.4) is 0 Å². The highest BCUT2D eigenvalue weighted by atomic mass is 35.5. The number of amides is 1. The van der Waals surface area contributed by atoms with E-state index >= 15 is 0 Å². The van der Waals surface area contributed by atoms with E-state index in [0.29, 0.717) is 22.1 Å². The van der Waals surface area contributed by atoms with E-state index in [1.807, 2.05) is 24.3 Å². The zero-order valence-corrected chi connectivity index (χ0v) is 17.0. The molecule has 1 fully saturated rings. The molecule has 0 aliphatic carbocycles. The number of anilines is 2. The van der Waals surface area contributed by atoms with Gasteiger partial charge in [-0.15, -0.1) is 0 Å². The summed E-state index contributed by atoms with van der Waals surface area (Å²) >= 11 is 6.02. The Kier molecular flexibility index (Phi) is 5.51. The fourth-order valence-corrected chi connectivity index (χ4v) is 3.63. The Morgan fingerprint density at radius 2 is 2.00 bits per heavy atom. The molecule has 1 aliphatic heterocycles. The van der Waals surface area contributed by atoms with Crippen molar-refractivity contribution in [2.24, 2.45) is 0 Å². The van der Waals surface area contributed by atoms with Crippen LogP contribution < -0.4 is 10.2 Å². The van der Waals surface area contributed by atoms with Crippen LogP contribution in [0.15, 0.2) is 48.7 Å². The van der Waals surface area contributed by atoms with E-state index in [9.17, 15) is 4.79 Å². The number of rotatable bonds is 4. The van der Waals surface area contributed by atoms with Gasteiger partial charge in [0.1, 0.15) is 11.5 Å². The molecular weight excluding hydrogens is 390 g/mol. The summed E-state index contributed by atoms with van der Waals surface area (Å²) in [6.45, 7) is 5.70. The average Bonchev–Trinajstić information content (AvgIpc) is 3.18. The van der Waals surface area contributed by atoms with Crippen LogP contribution in [0.25, 0.3) is 11.3 Å². The number of carbonyl (C=O) groups is 1. The third kappa shape index (κ3) is 4.58. The van der Waals surface area contributed by atoms with Gasteiger partial charge in [-0.2, -0.15) is 5.10 Å². The van der Waals surface area contributed by atoms with Gasteiger partial charge in [0.05, 0.1) is 29.8 Å². The molecule has 2 N–H and O–H groups in total. The highest BCUT2D eigenvalue weighted by molar-refractivity contribution is 6.30. The zero-order valence-electron chi connectivity index (χ0n) is 16.2. The Morgan fingerprint density at radius 1 is 1.21 bits per heavy atom. The smallest absolute Gasteiger partial charge is 0.273 e. The maximum absolute atomic E-state index is 12.5. The number of ether oxygens (including phenoxy) is 1. The molecule has 0 spiro atoms. The van der Waals surface area contributed by atoms with Crippen molar-refractivity contribution in [3.05, 3.63) is 59.4 Å². The standard InChI is InChI=1S/C21H22ClN5O2/c1-13-11-27(12-14(2)29-13)20-7-6-17(10-23-20)24-21(28)19-9-18(25-26-19)15-4-3-5-16(22)8-15/h3-10,13-14H,11-12H2,1-2H3,(H,24,28)(H,25,26). The highest BCUT2D eigenvalue weighted by Crippen LogP contribution is 2.22. The minimum Gasteiger partial charge on any atom is -0.372 e. The molecule has 3 aromatic rings. The zero-order chi connectivity index (χ0) is 20.4. The molecule has 0 bridgehead atoms. The summed E-state index contributed by atoms with van der Waals surface area (Å²) in [6.07, 6.45) is 1.98. The van der Waals surface area contributed by atoms with Crippen molar-refractivity contribution >= 4 is 29.0 Å². The largest absolute Gasteiger partial charge is 0.372 e. The van der Waals surface area contributed by atoms with Crippen molar-refractivity contribution in [3.63, 3.8) is 0 Å². The molecule has 1 saturated heterocycles. The second-order valence-corrected chi connectivity index (χ2v) is 7.64. The summed E-state index contributed by atoms with van der Waals surface area (Å²) in [5, 5.41) is 10.4. The van der Waals surface area contributed by atoms with Crippen molar-refractivity contribution in [1.82, 2.24) is 15.2 Å². The molecule has 3 heterocycles. The minimum absolute atomic E-state index is 0.161. The predicted octanol–water partition coefficient (Wildman–Crippen LogP) is 3.99. The number of halogens is 1. The molecule has 7 nitrogen and oxygen atoms in total. The lowest BCUT2D eigenvalue weighted by molar-refractivity contribution is -0.00545. The number of H-pyrrole nitrogens is 1. The molecule has 1 amide bonds. The molecular formula is C21H22ClN5O2. The first-order valence-corrected chi connectivity index (χ1v) is 9.85. The summed E-state index contributed by atoms with van der Waals surface area (Å²) in [5.41, 5.74) is 2.47. The van der Waals surface area contributed by atoms with Crippen LogP contribution in [0.4, 0.5) is 11.5 Å². The van der Waals surface area contributed by atoms with Gasteiger partial charge >= 0.3 is 0 Å². The van der Waals surface area contributed by atoms with E-state index in [1.165, 1.54) is 0 Å². The summed E-state index contributed by atoms with van der Waals surface area (Å²) < 4.78 is 5.76. The Labute approximate surface area is 174 Å². The van der Waals surface area contributed by atoms with Crippen molar-refractivity contribution in [1.29, 1.82) is 0 Å². The number of hydrogen-bond donors (Lipinski definition) is 2. The number of nitrogens with zero attached hydrogens (tertiary/aromatic N) is 3. The number of carbonyl (C=O) groups excluding carboxylic acids is 1. The molecule has 0 saturated carbocycles. The fraction of sp³-hybridized carbons (Fsp3) is 0.286. The van der Waals surface area contributed by atoms with Crippen LogP contribution >= 0.6 is 11.6 Å². The summed E-state index contributed by atoms with van der Waals surface area (Å²) in [6, 6.07) is 12.8. The Balaban J connectivity index is 1.42. The SMILES string of the molecule is CC1CN(c2ccc(NC(=O)c3cc(-c4cccc(Cl)c4)n[nH]3)cn2)CC(C)O1. The molecule has 150 valence electrons. The van der Waals surface area contributed by atoms with Gasteiger partial charge in [-0.1, -0.05) is 23.7 Å². The Bertz CT molecular complexity index is 994. The number of nitrogens with one attached hydrogen (secondary N) is 2. The minimum atomic E-state index is -0.283. The van der Waals surface area contributed by atoms with Crippen LogP contribution in [0.1, 0.15) is 24.3 Å². The first-order chi connectivity index (χ1) is 14.0. The molecule has 2 aromatic heterocycles. The molecule has 1 aliphatic rings. The molecule has 1 aromatic carbocycles. The van der Waals surface area contributed by atoms with Crippen LogP contribution in [-0.4, -0.2) is 46.4 Å². The third-order valence-electron chi connectivity index (χ3n) is 4.69. The fourth-order valence-electron chi connectivity index (χ4n) is 3.44. The van der Waals surface area contributed by atoms with E-state index in [1.54, 1.807) is 24.4 Å². The number of morpholine rings is 1. The molecule has 2 unspecified atom stereocenters. The molecule has 8 heteroatoms. The number of hydrogen-bond acceptors (Lipinski definition) is 5. The summed E-state index contributed by atoms with van der Waals surface area (Å²) in [7, 11) is 0. The second kappa shape index (κ2) is 8.23. The lowest BCUT2D eigenvalue weighted by Gasteiger charge is -2.36. The molecule has 0 radical (unpaired) electrons. The Morgan fingerprint density at radius 3 is 2.69 bits per heavy atom. The normalized spacial score (nSPS) is 19.2. The van der Waals surface area contributed by atoms with Crippen molar-refractivity contribution in [3.8, 4) is 11.3 Å². The van der Waals surface area contributed by atoms with E-state index in [-0.39, 0.29) is 18.1 Å². The second-order valence-electron chi connectivity index (χ2n) is 7.20. The van der Waals surface area contributed by atoms with Gasteiger partial charge in [0.15, 0.2) is 0 Å². The van der Waals surface area contributed by atoms with Gasteiger partial charge in [0, 0.05) is 23.7 Å². The summed E-state index contributed by atoms with van der Waals surface area (Å²) in [5.74, 6) is 0.587. The van der Waals surface area contributed by atoms with Gasteiger partial charge in [-0.3, -0.25) is 9.89 Å². The van der Waals surface area contributed by atoms with Crippen LogP contribution in [0.5, 0.6) is 0 Å². The van der Waals surface area contributed by atoms with Gasteiger partial charge in [-0.05, 0) is 44.2 Å². The van der Waals surface area contributed by atoms with Crippen LogP contribution in [0.2, 0.25) is 5.02 Å². The highest BCUT2D eigenvalue weighted by Gasteiger charge is 2.23. The van der Waals surface area contributed by atoms with Crippen LogP contribution in [-0.2, 0) is 4.74 Å². The number of aromatic nitrogens is 3. The number of pyridine rings is 1. The molecule has 4 rings (SSSR count). The van der Waals surface area contributed by atoms with Crippen molar-refractivity contribution < 1.29 is 9.53 Å². The first kappa shape index (κ1) is 19.4. The number of aromatic amines is 1. The van der Waals surface area contributed by atoms with Crippen molar-refractivity contribution in [2.75, 3.05) is 23.3 Å². The lowest BCUT2D eigenvalue weighted by atomic mass is 10.1. The van der Waals surface area contributed by atoms with E-state index in [0.717, 1.165) is 24.5 Å². The van der Waals surface area contributed by atoms with Gasteiger partial charge in [0.25, 0.3) is 5.91 Å². The molecule has 29 heavy (non-hydrogen) atoms. The van der Waals surface area contributed by atoms with E-state index < -0.39 is 0 Å². The lowest BCUT2D eigenvalue weighted by Crippen LogP contribution is -2.45. The summed E-state index contributed by atoms with van der Waals surface area (Å²) in [4.78, 5) is 19.2. The van der Waals surface area contributed by atoms with Crippen LogP contribution in [0, 0.1) is 0 Å².